The molecular formula is C20H18N4O5S. The summed E-state index contributed by atoms with van der Waals surface area (Å²) in [6.07, 6.45) is 1.51. The maximum absolute atomic E-state index is 13.0. The van der Waals surface area contributed by atoms with E-state index in [9.17, 15) is 13.2 Å². The molecule has 0 fully saturated rings. The van der Waals surface area contributed by atoms with Crippen molar-refractivity contribution in [2.75, 3.05) is 19.4 Å². The molecular weight excluding hydrogens is 408 g/mol. The van der Waals surface area contributed by atoms with E-state index < -0.39 is 15.9 Å². The number of pyridine rings is 1. The van der Waals surface area contributed by atoms with Crippen LogP contribution in [0.2, 0.25) is 0 Å². The Morgan fingerprint density at radius 3 is 2.50 bits per heavy atom. The van der Waals surface area contributed by atoms with Crippen LogP contribution in [0.3, 0.4) is 0 Å². The van der Waals surface area contributed by atoms with Gasteiger partial charge in [0.2, 0.25) is 10.0 Å². The molecule has 154 valence electrons. The Kier molecular flexibility index (Phi) is 4.88. The molecule has 9 nitrogen and oxygen atoms in total. The molecule has 0 aliphatic carbocycles. The van der Waals surface area contributed by atoms with Crippen molar-refractivity contribution in [3.05, 3.63) is 60.0 Å². The maximum atomic E-state index is 13.0. The average molecular weight is 426 g/mol. The summed E-state index contributed by atoms with van der Waals surface area (Å²) in [5.41, 5.74) is 1.94. The third-order valence-corrected chi connectivity index (χ3v) is 6.36. The van der Waals surface area contributed by atoms with Gasteiger partial charge >= 0.3 is 0 Å². The summed E-state index contributed by atoms with van der Waals surface area (Å²) in [5.74, 6) is 0.0722. The second-order valence-electron chi connectivity index (χ2n) is 6.75. The number of carbonyl (C=O) groups is 1. The van der Waals surface area contributed by atoms with E-state index in [0.717, 1.165) is 4.31 Å². The number of carbonyl (C=O) groups excluding carboxylic acids is 1. The maximum Gasteiger partial charge on any atom is 0.259 e. The van der Waals surface area contributed by atoms with Gasteiger partial charge in [0.15, 0.2) is 5.76 Å². The fraction of sp³-hybridized carbons (Fsp3) is 0.150. The highest BCUT2D eigenvalue weighted by molar-refractivity contribution is 7.89. The van der Waals surface area contributed by atoms with Crippen molar-refractivity contribution in [1.82, 2.24) is 14.4 Å². The number of nitrogens with zero attached hydrogens (tertiary/aromatic N) is 3. The molecule has 3 heterocycles. The first-order valence-corrected chi connectivity index (χ1v) is 10.4. The van der Waals surface area contributed by atoms with Crippen molar-refractivity contribution in [1.29, 1.82) is 0 Å². The van der Waals surface area contributed by atoms with Crippen LogP contribution in [0, 0.1) is 6.92 Å². The molecule has 3 aromatic heterocycles. The second kappa shape index (κ2) is 7.39. The quantitative estimate of drug-likeness (QED) is 0.520. The molecule has 1 aromatic carbocycles. The third kappa shape index (κ3) is 3.46. The van der Waals surface area contributed by atoms with Crippen LogP contribution in [0.4, 0.5) is 5.69 Å². The molecule has 0 unspecified atom stereocenters. The Hall–Kier alpha value is -3.50. The van der Waals surface area contributed by atoms with E-state index in [1.807, 2.05) is 0 Å². The van der Waals surface area contributed by atoms with Crippen LogP contribution in [-0.4, -0.2) is 42.9 Å². The minimum absolute atomic E-state index is 0.131. The van der Waals surface area contributed by atoms with E-state index in [-0.39, 0.29) is 10.6 Å². The number of hydrogen-bond donors (Lipinski definition) is 1. The van der Waals surface area contributed by atoms with E-state index in [1.165, 1.54) is 44.6 Å². The number of hydrogen-bond acceptors (Lipinski definition) is 7. The van der Waals surface area contributed by atoms with Crippen LogP contribution in [0.25, 0.3) is 22.6 Å². The normalized spacial score (nSPS) is 11.9. The van der Waals surface area contributed by atoms with Crippen molar-refractivity contribution in [2.45, 2.75) is 11.8 Å². The van der Waals surface area contributed by atoms with E-state index in [0.29, 0.717) is 33.8 Å². The van der Waals surface area contributed by atoms with Crippen molar-refractivity contribution < 1.29 is 22.2 Å². The lowest BCUT2D eigenvalue weighted by Gasteiger charge is -2.12. The number of sulfonamides is 1. The van der Waals surface area contributed by atoms with Gasteiger partial charge in [-0.25, -0.2) is 17.7 Å². The average Bonchev–Trinajstić information content (AvgIpc) is 3.38. The third-order valence-electron chi connectivity index (χ3n) is 4.53. The van der Waals surface area contributed by atoms with Crippen LogP contribution in [-0.2, 0) is 10.0 Å². The van der Waals surface area contributed by atoms with Gasteiger partial charge in [-0.15, -0.1) is 0 Å². The highest BCUT2D eigenvalue weighted by Crippen LogP contribution is 2.28. The molecule has 0 saturated carbocycles. The SMILES string of the molecule is Cc1noc2nc(-c3ccco3)cc(C(=O)Nc3ccc(S(=O)(=O)N(C)C)cc3)c12. The minimum atomic E-state index is -3.55. The second-order valence-corrected chi connectivity index (χ2v) is 8.90. The number of aromatic nitrogens is 2. The highest BCUT2D eigenvalue weighted by atomic mass is 32.2. The van der Waals surface area contributed by atoms with Crippen LogP contribution >= 0.6 is 0 Å². The van der Waals surface area contributed by atoms with Crippen molar-refractivity contribution in [2.24, 2.45) is 0 Å². The first-order chi connectivity index (χ1) is 14.3. The molecule has 0 radical (unpaired) electrons. The zero-order valence-corrected chi connectivity index (χ0v) is 17.2. The standard InChI is InChI=1S/C20H18N4O5S/c1-12-18-15(11-16(17-5-4-10-28-17)22-20(18)29-23-12)19(25)21-13-6-8-14(9-7-13)30(26,27)24(2)3/h4-11H,1-3H3,(H,21,25). The van der Waals surface area contributed by atoms with Crippen LogP contribution in [0.1, 0.15) is 16.1 Å². The summed E-state index contributed by atoms with van der Waals surface area (Å²) in [5, 5.41) is 7.17. The molecule has 0 spiro atoms. The number of nitrogens with one attached hydrogen (secondary N) is 1. The monoisotopic (exact) mass is 426 g/mol. The van der Waals surface area contributed by atoms with Crippen molar-refractivity contribution in [3.63, 3.8) is 0 Å². The van der Waals surface area contributed by atoms with Gasteiger partial charge in [0, 0.05) is 19.8 Å². The zero-order chi connectivity index (χ0) is 21.5. The lowest BCUT2D eigenvalue weighted by atomic mass is 10.1. The summed E-state index contributed by atoms with van der Waals surface area (Å²) in [6.45, 7) is 1.72. The van der Waals surface area contributed by atoms with Gasteiger partial charge in [-0.3, -0.25) is 4.79 Å². The lowest BCUT2D eigenvalue weighted by Crippen LogP contribution is -2.22. The predicted octanol–water partition coefficient (Wildman–Crippen LogP) is 3.29. The van der Waals surface area contributed by atoms with Crippen molar-refractivity contribution in [3.8, 4) is 11.5 Å². The molecule has 1 N–H and O–H groups in total. The summed E-state index contributed by atoms with van der Waals surface area (Å²) >= 11 is 0. The number of anilines is 1. The summed E-state index contributed by atoms with van der Waals surface area (Å²) in [4.78, 5) is 17.5. The van der Waals surface area contributed by atoms with E-state index in [4.69, 9.17) is 8.94 Å². The van der Waals surface area contributed by atoms with Gasteiger partial charge in [-0.05, 0) is 49.4 Å². The molecule has 1 amide bonds. The van der Waals surface area contributed by atoms with Gasteiger partial charge in [-0.1, -0.05) is 5.16 Å². The van der Waals surface area contributed by atoms with Crippen molar-refractivity contribution >= 4 is 32.7 Å². The molecule has 0 saturated heterocycles. The van der Waals surface area contributed by atoms with E-state index in [2.05, 4.69) is 15.5 Å². The largest absolute Gasteiger partial charge is 0.463 e. The molecule has 4 rings (SSSR count). The molecule has 30 heavy (non-hydrogen) atoms. The van der Waals surface area contributed by atoms with Gasteiger partial charge in [-0.2, -0.15) is 0 Å². The molecule has 10 heteroatoms. The molecule has 0 aliphatic heterocycles. The summed E-state index contributed by atoms with van der Waals surface area (Å²) in [6, 6.07) is 11.0. The fourth-order valence-electron chi connectivity index (χ4n) is 2.94. The fourth-order valence-corrected chi connectivity index (χ4v) is 3.85. The molecule has 0 bridgehead atoms. The Morgan fingerprint density at radius 1 is 1.13 bits per heavy atom. The smallest absolute Gasteiger partial charge is 0.259 e. The molecule has 0 aliphatic rings. The van der Waals surface area contributed by atoms with E-state index in [1.54, 1.807) is 25.1 Å². The van der Waals surface area contributed by atoms with Crippen LogP contribution in [0.15, 0.2) is 62.6 Å². The van der Waals surface area contributed by atoms with Gasteiger partial charge < -0.3 is 14.3 Å². The molecule has 0 atom stereocenters. The number of benzene rings is 1. The number of furan rings is 1. The lowest BCUT2D eigenvalue weighted by molar-refractivity contribution is 0.102. The van der Waals surface area contributed by atoms with E-state index >= 15 is 0 Å². The Balaban J connectivity index is 1.69. The van der Waals surface area contributed by atoms with Crippen LogP contribution < -0.4 is 5.32 Å². The number of rotatable bonds is 5. The number of fused-ring (bicyclic) bond motifs is 1. The van der Waals surface area contributed by atoms with Gasteiger partial charge in [0.1, 0.15) is 5.69 Å². The predicted molar refractivity (Wildman–Crippen MR) is 110 cm³/mol. The summed E-state index contributed by atoms with van der Waals surface area (Å²) < 4.78 is 36.1. The van der Waals surface area contributed by atoms with Gasteiger partial charge in [0.25, 0.3) is 11.6 Å². The summed E-state index contributed by atoms with van der Waals surface area (Å²) in [7, 11) is -0.639. The first kappa shape index (κ1) is 19.8. The Morgan fingerprint density at radius 2 is 1.87 bits per heavy atom. The Bertz CT molecular complexity index is 1320. The minimum Gasteiger partial charge on any atom is -0.463 e. The number of aryl methyl sites for hydroxylation is 1. The highest BCUT2D eigenvalue weighted by Gasteiger charge is 2.21. The number of amides is 1. The van der Waals surface area contributed by atoms with Gasteiger partial charge in [0.05, 0.1) is 27.8 Å². The Labute approximate surface area is 172 Å². The zero-order valence-electron chi connectivity index (χ0n) is 16.4. The van der Waals surface area contributed by atoms with Crippen LogP contribution in [0.5, 0.6) is 0 Å². The first-order valence-electron chi connectivity index (χ1n) is 8.92. The molecule has 4 aromatic rings. The topological polar surface area (TPSA) is 119 Å².